The van der Waals surface area contributed by atoms with Crippen LogP contribution in [-0.2, 0) is 30.4 Å². The zero-order chi connectivity index (χ0) is 21.3. The van der Waals surface area contributed by atoms with Gasteiger partial charge in [-0.3, -0.25) is 9.69 Å². The number of rotatable bonds is 5. The third-order valence-electron chi connectivity index (χ3n) is 6.26. The molecule has 1 aliphatic carbocycles. The number of hydrogen-bond acceptors (Lipinski definition) is 3. The van der Waals surface area contributed by atoms with Crippen LogP contribution in [0.2, 0.25) is 0 Å². The number of alkyl halides is 3. The third-order valence-corrected chi connectivity index (χ3v) is 6.26. The second kappa shape index (κ2) is 8.40. The minimum atomic E-state index is -4.32. The van der Waals surface area contributed by atoms with Crippen LogP contribution in [0.1, 0.15) is 28.7 Å². The van der Waals surface area contributed by atoms with E-state index in [0.717, 1.165) is 37.1 Å². The largest absolute Gasteiger partial charge is 0.416 e. The Hall–Kier alpha value is -2.38. The van der Waals surface area contributed by atoms with E-state index in [1.54, 1.807) is 7.05 Å². The molecule has 2 aliphatic rings. The minimum absolute atomic E-state index is 0.0183. The number of nitrogens with zero attached hydrogens (tertiary/aromatic N) is 1. The summed E-state index contributed by atoms with van der Waals surface area (Å²) in [6.45, 7) is 1.22. The van der Waals surface area contributed by atoms with Crippen LogP contribution in [-0.4, -0.2) is 42.5 Å². The maximum absolute atomic E-state index is 12.7. The number of amides is 1. The predicted octanol–water partition coefficient (Wildman–Crippen LogP) is 3.15. The van der Waals surface area contributed by atoms with E-state index in [4.69, 9.17) is 0 Å². The Labute approximate surface area is 174 Å². The van der Waals surface area contributed by atoms with Gasteiger partial charge < -0.3 is 10.6 Å². The van der Waals surface area contributed by atoms with E-state index in [9.17, 15) is 18.0 Å². The minimum Gasteiger partial charge on any atom is -0.358 e. The number of halogens is 3. The van der Waals surface area contributed by atoms with E-state index < -0.39 is 11.7 Å². The first-order chi connectivity index (χ1) is 14.3. The lowest BCUT2D eigenvalue weighted by atomic mass is 10.1. The van der Waals surface area contributed by atoms with E-state index in [2.05, 4.69) is 39.8 Å². The highest BCUT2D eigenvalue weighted by molar-refractivity contribution is 5.82. The molecule has 30 heavy (non-hydrogen) atoms. The number of likely N-dealkylation sites (tertiary alicyclic amines) is 1. The van der Waals surface area contributed by atoms with Gasteiger partial charge in [-0.05, 0) is 48.1 Å². The molecular weight excluding hydrogens is 391 g/mol. The lowest BCUT2D eigenvalue weighted by Gasteiger charge is -2.29. The molecule has 1 amide bonds. The summed E-state index contributed by atoms with van der Waals surface area (Å²) < 4.78 is 38.2. The van der Waals surface area contributed by atoms with Gasteiger partial charge >= 0.3 is 6.18 Å². The molecular formula is C23H26F3N3O. The standard InChI is InChI=1S/C23H26F3N3O/c1-27-22(30)21-12-19(28-13-15-6-8-18(9-7-15)23(24,25)26)14-29(21)20-10-16-4-2-3-5-17(16)11-20/h2-9,19-21,28H,10-14H2,1H3,(H,27,30)/t19-,21-/m0/s1. The molecule has 2 aromatic rings. The number of likely N-dealkylation sites (N-methyl/N-ethyl adjacent to an activating group) is 1. The number of benzene rings is 2. The van der Waals surface area contributed by atoms with E-state index in [1.807, 2.05) is 0 Å². The van der Waals surface area contributed by atoms with E-state index in [-0.39, 0.29) is 18.0 Å². The van der Waals surface area contributed by atoms with Crippen molar-refractivity contribution in [3.8, 4) is 0 Å². The van der Waals surface area contributed by atoms with Crippen molar-refractivity contribution in [2.45, 2.75) is 50.1 Å². The topological polar surface area (TPSA) is 44.4 Å². The summed E-state index contributed by atoms with van der Waals surface area (Å²) in [5.41, 5.74) is 2.85. The summed E-state index contributed by atoms with van der Waals surface area (Å²) in [5, 5.41) is 6.22. The molecule has 2 atom stereocenters. The zero-order valence-corrected chi connectivity index (χ0v) is 16.9. The molecule has 0 unspecified atom stereocenters. The average Bonchev–Trinajstić information content (AvgIpc) is 3.35. The average molecular weight is 417 g/mol. The van der Waals surface area contributed by atoms with E-state index in [1.165, 1.54) is 23.3 Å². The molecule has 1 saturated heterocycles. The molecule has 0 bridgehead atoms. The lowest BCUT2D eigenvalue weighted by Crippen LogP contribution is -2.47. The smallest absolute Gasteiger partial charge is 0.358 e. The Balaban J connectivity index is 1.40. The number of fused-ring (bicyclic) bond motifs is 1. The second-order valence-corrected chi connectivity index (χ2v) is 8.17. The molecule has 160 valence electrons. The highest BCUT2D eigenvalue weighted by Gasteiger charge is 2.41. The monoisotopic (exact) mass is 417 g/mol. The Bertz CT molecular complexity index is 872. The highest BCUT2D eigenvalue weighted by Crippen LogP contribution is 2.31. The van der Waals surface area contributed by atoms with Gasteiger partial charge in [-0.2, -0.15) is 13.2 Å². The lowest BCUT2D eigenvalue weighted by molar-refractivity contribution is -0.137. The molecule has 1 fully saturated rings. The number of carbonyl (C=O) groups excluding carboxylic acids is 1. The van der Waals surface area contributed by atoms with Crippen molar-refractivity contribution < 1.29 is 18.0 Å². The molecule has 0 saturated carbocycles. The molecule has 0 radical (unpaired) electrons. The molecule has 4 rings (SSSR count). The summed E-state index contributed by atoms with van der Waals surface area (Å²) in [5.74, 6) is 0.0183. The first-order valence-corrected chi connectivity index (χ1v) is 10.3. The van der Waals surface area contributed by atoms with E-state index >= 15 is 0 Å². The number of carbonyl (C=O) groups is 1. The Kier molecular flexibility index (Phi) is 5.84. The van der Waals surface area contributed by atoms with Gasteiger partial charge in [0, 0.05) is 32.2 Å². The molecule has 7 heteroatoms. The summed E-state index contributed by atoms with van der Waals surface area (Å²) >= 11 is 0. The van der Waals surface area contributed by atoms with Gasteiger partial charge in [0.1, 0.15) is 0 Å². The Morgan fingerprint density at radius 2 is 1.70 bits per heavy atom. The number of nitrogens with one attached hydrogen (secondary N) is 2. The van der Waals surface area contributed by atoms with Gasteiger partial charge in [-0.15, -0.1) is 0 Å². The van der Waals surface area contributed by atoms with Crippen LogP contribution in [0.25, 0.3) is 0 Å². The van der Waals surface area contributed by atoms with Crippen LogP contribution in [0.5, 0.6) is 0 Å². The fraction of sp³-hybridized carbons (Fsp3) is 0.435. The molecule has 1 aliphatic heterocycles. The molecule has 4 nitrogen and oxygen atoms in total. The van der Waals surface area contributed by atoms with Crippen LogP contribution < -0.4 is 10.6 Å². The first-order valence-electron chi connectivity index (χ1n) is 10.3. The summed E-state index contributed by atoms with van der Waals surface area (Å²) in [7, 11) is 1.66. The first kappa shape index (κ1) is 20.9. The van der Waals surface area contributed by atoms with Gasteiger partial charge in [0.2, 0.25) is 5.91 Å². The Morgan fingerprint density at radius 1 is 1.07 bits per heavy atom. The SMILES string of the molecule is CNC(=O)[C@@H]1C[C@H](NCc2ccc(C(F)(F)F)cc2)CN1C1Cc2ccccc2C1. The third kappa shape index (κ3) is 4.37. The molecule has 2 N–H and O–H groups in total. The van der Waals surface area contributed by atoms with Crippen molar-refractivity contribution in [3.05, 3.63) is 70.8 Å². The van der Waals surface area contributed by atoms with Crippen LogP contribution in [0.4, 0.5) is 13.2 Å². The van der Waals surface area contributed by atoms with Crippen LogP contribution in [0.3, 0.4) is 0 Å². The Morgan fingerprint density at radius 3 is 2.27 bits per heavy atom. The zero-order valence-electron chi connectivity index (χ0n) is 16.9. The van der Waals surface area contributed by atoms with Crippen molar-refractivity contribution in [1.82, 2.24) is 15.5 Å². The van der Waals surface area contributed by atoms with Gasteiger partial charge in [0.25, 0.3) is 0 Å². The van der Waals surface area contributed by atoms with E-state index in [0.29, 0.717) is 19.0 Å². The highest BCUT2D eigenvalue weighted by atomic mass is 19.4. The van der Waals surface area contributed by atoms with Crippen LogP contribution in [0, 0.1) is 0 Å². The van der Waals surface area contributed by atoms with Crippen LogP contribution >= 0.6 is 0 Å². The van der Waals surface area contributed by atoms with Crippen molar-refractivity contribution in [2.24, 2.45) is 0 Å². The van der Waals surface area contributed by atoms with Crippen LogP contribution in [0.15, 0.2) is 48.5 Å². The van der Waals surface area contributed by atoms with Gasteiger partial charge in [-0.25, -0.2) is 0 Å². The van der Waals surface area contributed by atoms with Gasteiger partial charge in [0.05, 0.1) is 11.6 Å². The quantitative estimate of drug-likeness (QED) is 0.786. The molecule has 0 spiro atoms. The normalized spacial score (nSPS) is 22.3. The molecule has 0 aromatic heterocycles. The second-order valence-electron chi connectivity index (χ2n) is 8.17. The molecule has 2 aromatic carbocycles. The molecule has 1 heterocycles. The summed E-state index contributed by atoms with van der Waals surface area (Å²) in [4.78, 5) is 14.8. The fourth-order valence-corrected chi connectivity index (χ4v) is 4.68. The van der Waals surface area contributed by atoms with Gasteiger partial charge in [-0.1, -0.05) is 36.4 Å². The summed E-state index contributed by atoms with van der Waals surface area (Å²) in [6.07, 6.45) is -1.75. The predicted molar refractivity (Wildman–Crippen MR) is 109 cm³/mol. The van der Waals surface area contributed by atoms with Gasteiger partial charge in [0.15, 0.2) is 0 Å². The van der Waals surface area contributed by atoms with Crippen molar-refractivity contribution in [1.29, 1.82) is 0 Å². The maximum Gasteiger partial charge on any atom is 0.416 e. The van der Waals surface area contributed by atoms with Crippen molar-refractivity contribution >= 4 is 5.91 Å². The fourth-order valence-electron chi connectivity index (χ4n) is 4.68. The summed E-state index contributed by atoms with van der Waals surface area (Å²) in [6, 6.07) is 13.9. The van der Waals surface area contributed by atoms with Crippen molar-refractivity contribution in [2.75, 3.05) is 13.6 Å². The van der Waals surface area contributed by atoms with Crippen molar-refractivity contribution in [3.63, 3.8) is 0 Å². The maximum atomic E-state index is 12.7. The number of hydrogen-bond donors (Lipinski definition) is 2.